The Morgan fingerprint density at radius 1 is 1.26 bits per heavy atom. The molecule has 27 heavy (non-hydrogen) atoms. The SMILES string of the molecule is [C-]#[N+]c1ccc(NC(=O)[C@@](C)(O)CSc2ccc([125I])cc2)cc1C(F)(F)F. The average Bonchev–Trinajstić information content (AvgIpc) is 2.60. The van der Waals surface area contributed by atoms with Crippen molar-refractivity contribution in [3.8, 4) is 0 Å². The molecule has 2 aromatic carbocycles. The number of benzene rings is 2. The van der Waals surface area contributed by atoms with Crippen molar-refractivity contribution in [3.63, 3.8) is 0 Å². The van der Waals surface area contributed by atoms with Gasteiger partial charge in [-0.2, -0.15) is 13.2 Å². The molecule has 0 bridgehead atoms. The number of nitrogens with zero attached hydrogens (tertiary/aromatic N) is 1. The summed E-state index contributed by atoms with van der Waals surface area (Å²) in [5.74, 6) is -0.810. The summed E-state index contributed by atoms with van der Waals surface area (Å²) < 4.78 is 40.1. The number of carbonyl (C=O) groups is 1. The molecule has 0 saturated carbocycles. The summed E-state index contributed by atoms with van der Waals surface area (Å²) in [6.45, 7) is 8.11. The number of hydrogen-bond donors (Lipinski definition) is 2. The summed E-state index contributed by atoms with van der Waals surface area (Å²) in [5.41, 5.74) is -3.63. The summed E-state index contributed by atoms with van der Waals surface area (Å²) in [6, 6.07) is 10.3. The number of anilines is 1. The van der Waals surface area contributed by atoms with Crippen LogP contribution in [-0.2, 0) is 11.0 Å². The highest BCUT2D eigenvalue weighted by Crippen LogP contribution is 2.38. The maximum atomic E-state index is 13.0. The van der Waals surface area contributed by atoms with Gasteiger partial charge in [-0.3, -0.25) is 4.79 Å². The third-order valence-corrected chi connectivity index (χ3v) is 5.53. The van der Waals surface area contributed by atoms with E-state index in [1.807, 2.05) is 24.3 Å². The number of rotatable bonds is 5. The van der Waals surface area contributed by atoms with E-state index in [2.05, 4.69) is 32.8 Å². The molecule has 0 aliphatic heterocycles. The highest BCUT2D eigenvalue weighted by molar-refractivity contribution is 14.1. The van der Waals surface area contributed by atoms with Gasteiger partial charge in [-0.15, -0.1) is 11.8 Å². The predicted molar refractivity (Wildman–Crippen MR) is 107 cm³/mol. The van der Waals surface area contributed by atoms with E-state index in [0.717, 1.165) is 14.5 Å². The van der Waals surface area contributed by atoms with Gasteiger partial charge in [0.25, 0.3) is 5.91 Å². The molecule has 0 spiro atoms. The Bertz CT molecular complexity index is 878. The standard InChI is InChI=1S/C18H14F3IN2O2S/c1-17(26,10-27-13-6-3-11(22)4-7-13)16(25)24-12-5-8-15(23-2)14(9-12)18(19,20)21/h3-9,26H,10H2,1H3,(H,24,25)/t17-/m0/s1/i22-2. The molecule has 2 rings (SSSR count). The molecule has 0 aliphatic rings. The van der Waals surface area contributed by atoms with Gasteiger partial charge in [-0.1, -0.05) is 6.07 Å². The maximum Gasteiger partial charge on any atom is 0.407 e. The monoisotopic (exact) mass is 504 g/mol. The van der Waals surface area contributed by atoms with Crippen LogP contribution in [0, 0.1) is 10.1 Å². The minimum atomic E-state index is -4.72. The van der Waals surface area contributed by atoms with E-state index in [1.165, 1.54) is 24.8 Å². The van der Waals surface area contributed by atoms with Crippen molar-refractivity contribution < 1.29 is 23.1 Å². The topological polar surface area (TPSA) is 53.7 Å². The smallest absolute Gasteiger partial charge is 0.379 e. The van der Waals surface area contributed by atoms with Gasteiger partial charge in [0, 0.05) is 19.9 Å². The first kappa shape index (κ1) is 21.5. The van der Waals surface area contributed by atoms with Crippen molar-refractivity contribution >= 4 is 51.6 Å². The zero-order valence-electron chi connectivity index (χ0n) is 14.0. The maximum absolute atomic E-state index is 13.0. The average molecular weight is 504 g/mol. The van der Waals surface area contributed by atoms with Crippen LogP contribution in [0.1, 0.15) is 12.5 Å². The van der Waals surface area contributed by atoms with Crippen molar-refractivity contribution in [2.24, 2.45) is 0 Å². The summed E-state index contributed by atoms with van der Waals surface area (Å²) in [7, 11) is 0. The fraction of sp³-hybridized carbons (Fsp3) is 0.222. The predicted octanol–water partition coefficient (Wildman–Crippen LogP) is 5.34. The van der Waals surface area contributed by atoms with Crippen molar-refractivity contribution in [3.05, 3.63) is 63.0 Å². The molecule has 0 radical (unpaired) electrons. The largest absolute Gasteiger partial charge is 0.407 e. The van der Waals surface area contributed by atoms with Crippen molar-refractivity contribution in [1.82, 2.24) is 0 Å². The second-order valence-corrected chi connectivity index (χ2v) is 8.11. The summed E-state index contributed by atoms with van der Waals surface area (Å²) in [4.78, 5) is 16.0. The Balaban J connectivity index is 2.11. The summed E-state index contributed by atoms with van der Waals surface area (Å²) in [5, 5.41) is 12.7. The molecule has 1 atom stereocenters. The first-order valence-electron chi connectivity index (χ1n) is 7.54. The van der Waals surface area contributed by atoms with Crippen LogP contribution in [0.4, 0.5) is 24.5 Å². The lowest BCUT2D eigenvalue weighted by Gasteiger charge is -2.22. The molecule has 4 nitrogen and oxygen atoms in total. The highest BCUT2D eigenvalue weighted by Gasteiger charge is 2.35. The van der Waals surface area contributed by atoms with Crippen molar-refractivity contribution in [1.29, 1.82) is 0 Å². The van der Waals surface area contributed by atoms with Gasteiger partial charge < -0.3 is 10.4 Å². The van der Waals surface area contributed by atoms with Crippen molar-refractivity contribution in [2.75, 3.05) is 11.1 Å². The normalized spacial score (nSPS) is 13.5. The van der Waals surface area contributed by atoms with Crippen LogP contribution < -0.4 is 5.32 Å². The third kappa shape index (κ3) is 5.85. The minimum Gasteiger partial charge on any atom is -0.379 e. The van der Waals surface area contributed by atoms with E-state index in [-0.39, 0.29) is 11.4 Å². The number of nitrogens with one attached hydrogen (secondary N) is 1. The van der Waals surface area contributed by atoms with Crippen LogP contribution in [0.15, 0.2) is 47.4 Å². The molecule has 0 heterocycles. The van der Waals surface area contributed by atoms with E-state index in [1.54, 1.807) is 0 Å². The minimum absolute atomic E-state index is 0.0195. The molecule has 1 amide bonds. The fourth-order valence-corrected chi connectivity index (χ4v) is 3.29. The lowest BCUT2D eigenvalue weighted by atomic mass is 10.1. The van der Waals surface area contributed by atoms with E-state index >= 15 is 0 Å². The quantitative estimate of drug-likeness (QED) is 0.329. The molecular weight excluding hydrogens is 490 g/mol. The van der Waals surface area contributed by atoms with Crippen LogP contribution in [0.3, 0.4) is 0 Å². The number of carbonyl (C=O) groups excluding carboxylic acids is 1. The van der Waals surface area contributed by atoms with E-state index in [0.29, 0.717) is 6.07 Å². The van der Waals surface area contributed by atoms with E-state index < -0.39 is 28.9 Å². The number of amides is 1. The highest BCUT2D eigenvalue weighted by atomic mass is 125. The number of alkyl halides is 3. The summed E-state index contributed by atoms with van der Waals surface area (Å²) >= 11 is 3.41. The molecule has 2 N–H and O–H groups in total. The van der Waals surface area contributed by atoms with Crippen LogP contribution in [-0.4, -0.2) is 22.4 Å². The zero-order chi connectivity index (χ0) is 20.2. The molecular formula is C18H14F3IN2O2S. The Morgan fingerprint density at radius 3 is 2.44 bits per heavy atom. The van der Waals surface area contributed by atoms with E-state index in [9.17, 15) is 23.1 Å². The number of thioether (sulfide) groups is 1. The van der Waals surface area contributed by atoms with Crippen LogP contribution >= 0.6 is 34.4 Å². The molecule has 0 unspecified atom stereocenters. The van der Waals surface area contributed by atoms with Gasteiger partial charge in [0.05, 0.1) is 12.1 Å². The van der Waals surface area contributed by atoms with Gasteiger partial charge in [-0.05, 0) is 65.9 Å². The Morgan fingerprint density at radius 2 is 1.89 bits per heavy atom. The molecule has 9 heteroatoms. The van der Waals surface area contributed by atoms with Gasteiger partial charge in [0.2, 0.25) is 0 Å². The molecule has 142 valence electrons. The van der Waals surface area contributed by atoms with Gasteiger partial charge in [0.15, 0.2) is 5.69 Å². The van der Waals surface area contributed by atoms with Crippen LogP contribution in [0.5, 0.6) is 0 Å². The number of halogens is 4. The number of hydrogen-bond acceptors (Lipinski definition) is 3. The molecule has 0 saturated heterocycles. The Labute approximate surface area is 172 Å². The van der Waals surface area contributed by atoms with Crippen molar-refractivity contribution in [2.45, 2.75) is 23.6 Å². The molecule has 0 aliphatic carbocycles. The first-order chi connectivity index (χ1) is 12.5. The molecule has 0 fully saturated rings. The van der Waals surface area contributed by atoms with E-state index in [4.69, 9.17) is 6.57 Å². The Kier molecular flexibility index (Phi) is 6.77. The third-order valence-electron chi connectivity index (χ3n) is 3.50. The Hall–Kier alpha value is -1.77. The van der Waals surface area contributed by atoms with Gasteiger partial charge in [0.1, 0.15) is 5.60 Å². The lowest BCUT2D eigenvalue weighted by Crippen LogP contribution is -2.42. The first-order valence-corrected chi connectivity index (χ1v) is 9.60. The second kappa shape index (κ2) is 8.50. The lowest BCUT2D eigenvalue weighted by molar-refractivity contribution is -0.137. The zero-order valence-corrected chi connectivity index (χ0v) is 16.9. The second-order valence-electron chi connectivity index (χ2n) is 5.81. The van der Waals surface area contributed by atoms with Crippen LogP contribution in [0.2, 0.25) is 0 Å². The van der Waals surface area contributed by atoms with Crippen LogP contribution in [0.25, 0.3) is 4.85 Å². The van der Waals surface area contributed by atoms with Gasteiger partial charge >= 0.3 is 6.18 Å². The van der Waals surface area contributed by atoms with Gasteiger partial charge in [-0.25, -0.2) is 4.85 Å². The fourth-order valence-electron chi connectivity index (χ4n) is 2.02. The number of aliphatic hydroxyl groups is 1. The molecule has 2 aromatic rings. The summed E-state index contributed by atoms with van der Waals surface area (Å²) in [6.07, 6.45) is -4.72. The molecule has 0 aromatic heterocycles.